The summed E-state index contributed by atoms with van der Waals surface area (Å²) in [7, 11) is 0. The van der Waals surface area contributed by atoms with Gasteiger partial charge in [0, 0.05) is 18.4 Å². The molecule has 1 amide bonds. The van der Waals surface area contributed by atoms with Crippen LogP contribution in [0.4, 0.5) is 0 Å². The van der Waals surface area contributed by atoms with Gasteiger partial charge >= 0.3 is 0 Å². The third kappa shape index (κ3) is 2.82. The molecule has 3 heteroatoms. The number of pyridine rings is 1. The molecule has 0 saturated carbocycles. The second-order valence-corrected chi connectivity index (χ2v) is 5.76. The lowest BCUT2D eigenvalue weighted by Gasteiger charge is -2.25. The minimum Gasteiger partial charge on any atom is -0.332 e. The number of hydrogen-bond acceptors (Lipinski definition) is 2. The molecule has 0 radical (unpaired) electrons. The number of hydrogen-bond donors (Lipinski definition) is 0. The number of likely N-dealkylation sites (tertiary alicyclic amines) is 1. The lowest BCUT2D eigenvalue weighted by Crippen LogP contribution is -2.30. The van der Waals surface area contributed by atoms with Crippen molar-refractivity contribution in [3.8, 4) is 0 Å². The molecule has 3 rings (SSSR count). The van der Waals surface area contributed by atoms with Gasteiger partial charge in [0.1, 0.15) is 0 Å². The highest BCUT2D eigenvalue weighted by molar-refractivity contribution is 5.94. The molecule has 1 fully saturated rings. The van der Waals surface area contributed by atoms with E-state index >= 15 is 0 Å². The van der Waals surface area contributed by atoms with Crippen molar-refractivity contribution in [3.05, 3.63) is 65.0 Å². The maximum absolute atomic E-state index is 12.7. The van der Waals surface area contributed by atoms with E-state index in [1.807, 2.05) is 24.0 Å². The van der Waals surface area contributed by atoms with Crippen LogP contribution in [0.3, 0.4) is 0 Å². The summed E-state index contributed by atoms with van der Waals surface area (Å²) in [6.07, 6.45) is 3.78. The van der Waals surface area contributed by atoms with Gasteiger partial charge in [-0.25, -0.2) is 0 Å². The van der Waals surface area contributed by atoms with E-state index in [9.17, 15) is 4.79 Å². The Bertz CT molecular complexity index is 631. The van der Waals surface area contributed by atoms with Crippen molar-refractivity contribution in [2.45, 2.75) is 32.7 Å². The molecule has 1 atom stereocenters. The fourth-order valence-corrected chi connectivity index (χ4v) is 2.91. The number of carbonyl (C=O) groups is 1. The molecule has 21 heavy (non-hydrogen) atoms. The number of amides is 1. The van der Waals surface area contributed by atoms with Gasteiger partial charge in [0.2, 0.25) is 0 Å². The van der Waals surface area contributed by atoms with Crippen molar-refractivity contribution in [3.63, 3.8) is 0 Å². The van der Waals surface area contributed by atoms with Crippen LogP contribution in [0.2, 0.25) is 0 Å². The third-order valence-corrected chi connectivity index (χ3v) is 4.13. The Morgan fingerprint density at radius 3 is 2.57 bits per heavy atom. The van der Waals surface area contributed by atoms with Crippen LogP contribution in [0.15, 0.2) is 42.6 Å². The molecule has 0 spiro atoms. The quantitative estimate of drug-likeness (QED) is 0.841. The maximum Gasteiger partial charge on any atom is 0.255 e. The van der Waals surface area contributed by atoms with Crippen LogP contribution < -0.4 is 0 Å². The van der Waals surface area contributed by atoms with E-state index < -0.39 is 0 Å². The average molecular weight is 280 g/mol. The monoisotopic (exact) mass is 280 g/mol. The normalized spacial score (nSPS) is 18.0. The number of benzene rings is 1. The second-order valence-electron chi connectivity index (χ2n) is 5.76. The van der Waals surface area contributed by atoms with Crippen LogP contribution in [0.25, 0.3) is 0 Å². The first-order valence-electron chi connectivity index (χ1n) is 7.45. The molecule has 1 aliphatic rings. The fraction of sp³-hybridized carbons (Fsp3) is 0.333. The van der Waals surface area contributed by atoms with Gasteiger partial charge in [0.15, 0.2) is 0 Å². The van der Waals surface area contributed by atoms with Crippen molar-refractivity contribution in [2.75, 3.05) is 6.54 Å². The number of carbonyl (C=O) groups excluding carboxylic acids is 1. The largest absolute Gasteiger partial charge is 0.332 e. The average Bonchev–Trinajstić information content (AvgIpc) is 2.97. The third-order valence-electron chi connectivity index (χ3n) is 4.13. The van der Waals surface area contributed by atoms with E-state index in [0.29, 0.717) is 5.56 Å². The summed E-state index contributed by atoms with van der Waals surface area (Å²) in [6, 6.07) is 12.5. The summed E-state index contributed by atoms with van der Waals surface area (Å²) in [6.45, 7) is 4.84. The van der Waals surface area contributed by atoms with Crippen LogP contribution in [-0.4, -0.2) is 22.3 Å². The summed E-state index contributed by atoms with van der Waals surface area (Å²) in [5.74, 6) is 0.0885. The molecule has 1 aromatic heterocycles. The Balaban J connectivity index is 1.85. The zero-order chi connectivity index (χ0) is 14.8. The van der Waals surface area contributed by atoms with Gasteiger partial charge in [0.05, 0.1) is 11.6 Å². The molecule has 2 aromatic rings. The summed E-state index contributed by atoms with van der Waals surface area (Å²) in [5.41, 5.74) is 4.09. The van der Waals surface area contributed by atoms with E-state index in [1.165, 1.54) is 11.1 Å². The van der Waals surface area contributed by atoms with E-state index in [2.05, 4.69) is 36.2 Å². The van der Waals surface area contributed by atoms with Crippen LogP contribution in [-0.2, 0) is 0 Å². The molecule has 2 heterocycles. The van der Waals surface area contributed by atoms with E-state index in [1.54, 1.807) is 6.20 Å². The fourth-order valence-electron chi connectivity index (χ4n) is 2.91. The highest BCUT2D eigenvalue weighted by atomic mass is 16.2. The summed E-state index contributed by atoms with van der Waals surface area (Å²) < 4.78 is 0. The molecule has 1 unspecified atom stereocenters. The molecular weight excluding hydrogens is 260 g/mol. The smallest absolute Gasteiger partial charge is 0.255 e. The first-order valence-corrected chi connectivity index (χ1v) is 7.45. The SMILES string of the molecule is Cc1ccc(C2CCCN2C(=O)c2ccc(C)nc2)cc1. The number of aryl methyl sites for hydroxylation is 2. The first kappa shape index (κ1) is 13.8. The molecule has 1 aliphatic heterocycles. The maximum atomic E-state index is 12.7. The predicted molar refractivity (Wildman–Crippen MR) is 83.2 cm³/mol. The second kappa shape index (κ2) is 5.68. The molecular formula is C18H20N2O. The van der Waals surface area contributed by atoms with Crippen molar-refractivity contribution in [2.24, 2.45) is 0 Å². The van der Waals surface area contributed by atoms with Gasteiger partial charge in [-0.3, -0.25) is 9.78 Å². The predicted octanol–water partition coefficient (Wildman–Crippen LogP) is 3.68. The molecule has 3 nitrogen and oxygen atoms in total. The van der Waals surface area contributed by atoms with Crippen molar-refractivity contribution < 1.29 is 4.79 Å². The molecule has 0 bridgehead atoms. The zero-order valence-corrected chi connectivity index (χ0v) is 12.5. The van der Waals surface area contributed by atoms with Crippen LogP contribution >= 0.6 is 0 Å². The van der Waals surface area contributed by atoms with Crippen LogP contribution in [0, 0.1) is 13.8 Å². The lowest BCUT2D eigenvalue weighted by molar-refractivity contribution is 0.0735. The van der Waals surface area contributed by atoms with Gasteiger partial charge in [-0.2, -0.15) is 0 Å². The summed E-state index contributed by atoms with van der Waals surface area (Å²) in [4.78, 5) is 18.9. The van der Waals surface area contributed by atoms with Gasteiger partial charge < -0.3 is 4.90 Å². The summed E-state index contributed by atoms with van der Waals surface area (Å²) in [5, 5.41) is 0. The Labute approximate surface area is 125 Å². The van der Waals surface area contributed by atoms with Crippen molar-refractivity contribution >= 4 is 5.91 Å². The topological polar surface area (TPSA) is 33.2 Å². The Hall–Kier alpha value is -2.16. The van der Waals surface area contributed by atoms with Gasteiger partial charge in [-0.05, 0) is 44.4 Å². The minimum atomic E-state index is 0.0885. The van der Waals surface area contributed by atoms with Crippen LogP contribution in [0.5, 0.6) is 0 Å². The molecule has 108 valence electrons. The van der Waals surface area contributed by atoms with E-state index in [-0.39, 0.29) is 11.9 Å². The molecule has 0 aliphatic carbocycles. The Kier molecular flexibility index (Phi) is 3.74. The highest BCUT2D eigenvalue weighted by Crippen LogP contribution is 2.33. The molecule has 1 aromatic carbocycles. The molecule has 0 N–H and O–H groups in total. The zero-order valence-electron chi connectivity index (χ0n) is 12.5. The van der Waals surface area contributed by atoms with E-state index in [4.69, 9.17) is 0 Å². The standard InChI is InChI=1S/C18H20N2O/c1-13-5-8-15(9-6-13)17-4-3-11-20(17)18(21)16-10-7-14(2)19-12-16/h5-10,12,17H,3-4,11H2,1-2H3. The van der Waals surface area contributed by atoms with Crippen molar-refractivity contribution in [1.82, 2.24) is 9.88 Å². The number of nitrogens with zero attached hydrogens (tertiary/aromatic N) is 2. The summed E-state index contributed by atoms with van der Waals surface area (Å²) >= 11 is 0. The number of aromatic nitrogens is 1. The lowest BCUT2D eigenvalue weighted by atomic mass is 10.0. The van der Waals surface area contributed by atoms with Gasteiger partial charge in [-0.15, -0.1) is 0 Å². The Morgan fingerprint density at radius 2 is 1.90 bits per heavy atom. The minimum absolute atomic E-state index is 0.0885. The first-order chi connectivity index (χ1) is 10.1. The number of rotatable bonds is 2. The van der Waals surface area contributed by atoms with Crippen LogP contribution in [0.1, 0.15) is 46.1 Å². The van der Waals surface area contributed by atoms with E-state index in [0.717, 1.165) is 25.1 Å². The highest BCUT2D eigenvalue weighted by Gasteiger charge is 2.30. The van der Waals surface area contributed by atoms with Gasteiger partial charge in [0.25, 0.3) is 5.91 Å². The van der Waals surface area contributed by atoms with Crippen molar-refractivity contribution in [1.29, 1.82) is 0 Å². The molecule has 1 saturated heterocycles. The van der Waals surface area contributed by atoms with Gasteiger partial charge in [-0.1, -0.05) is 29.8 Å². The Morgan fingerprint density at radius 1 is 1.14 bits per heavy atom.